The Balaban J connectivity index is 1.52. The van der Waals surface area contributed by atoms with Crippen molar-refractivity contribution in [3.63, 3.8) is 0 Å². The van der Waals surface area contributed by atoms with Gasteiger partial charge in [0.25, 0.3) is 5.91 Å². The summed E-state index contributed by atoms with van der Waals surface area (Å²) in [6.45, 7) is 3.47. The van der Waals surface area contributed by atoms with Crippen LogP contribution in [-0.4, -0.2) is 52.2 Å². The van der Waals surface area contributed by atoms with Gasteiger partial charge in [-0.05, 0) is 30.9 Å². The molecule has 0 bridgehead atoms. The van der Waals surface area contributed by atoms with Gasteiger partial charge in [0.05, 0.1) is 32.3 Å². The van der Waals surface area contributed by atoms with Crippen LogP contribution < -0.4 is 4.74 Å². The maximum absolute atomic E-state index is 13.1. The van der Waals surface area contributed by atoms with E-state index in [2.05, 4.69) is 14.5 Å². The predicted octanol–water partition coefficient (Wildman–Crippen LogP) is 1.99. The summed E-state index contributed by atoms with van der Waals surface area (Å²) in [6.07, 6.45) is 7.85. The van der Waals surface area contributed by atoms with Gasteiger partial charge in [-0.25, -0.2) is 9.97 Å². The third kappa shape index (κ3) is 3.72. The standard InChI is InChI=1S/C19H24N4O3/c1-25-18-17(3-2-6-21-18)19(24)22-8-15(12-26-11-14-4-5-14)9-23-13-20-7-16(23)10-22/h2-3,6-7,13-15H,4-5,8-12H2,1H3/t15-/m1/s1. The third-order valence-electron chi connectivity index (χ3n) is 4.97. The molecule has 0 aromatic carbocycles. The summed E-state index contributed by atoms with van der Waals surface area (Å²) in [5, 5.41) is 0. The molecular formula is C19H24N4O3. The van der Waals surface area contributed by atoms with E-state index in [-0.39, 0.29) is 11.8 Å². The van der Waals surface area contributed by atoms with Crippen molar-refractivity contribution in [3.8, 4) is 5.88 Å². The van der Waals surface area contributed by atoms with Gasteiger partial charge in [0.1, 0.15) is 5.56 Å². The molecule has 1 atom stereocenters. The van der Waals surface area contributed by atoms with Crippen LogP contribution in [0.5, 0.6) is 5.88 Å². The van der Waals surface area contributed by atoms with Crippen LogP contribution in [0.3, 0.4) is 0 Å². The highest BCUT2D eigenvalue weighted by Crippen LogP contribution is 2.29. The number of hydrogen-bond donors (Lipinski definition) is 0. The van der Waals surface area contributed by atoms with Gasteiger partial charge in [0, 0.05) is 38.0 Å². The largest absolute Gasteiger partial charge is 0.480 e. The molecule has 4 rings (SSSR count). The van der Waals surface area contributed by atoms with E-state index in [0.717, 1.165) is 24.8 Å². The Morgan fingerprint density at radius 1 is 1.27 bits per heavy atom. The minimum atomic E-state index is -0.0724. The van der Waals surface area contributed by atoms with E-state index < -0.39 is 0 Å². The van der Waals surface area contributed by atoms with Gasteiger partial charge in [-0.3, -0.25) is 4.79 Å². The highest BCUT2D eigenvalue weighted by atomic mass is 16.5. The van der Waals surface area contributed by atoms with Crippen molar-refractivity contribution in [2.24, 2.45) is 11.8 Å². The molecule has 1 fully saturated rings. The van der Waals surface area contributed by atoms with E-state index in [1.807, 2.05) is 17.4 Å². The zero-order valence-electron chi connectivity index (χ0n) is 15.0. The van der Waals surface area contributed by atoms with Crippen LogP contribution >= 0.6 is 0 Å². The normalized spacial score (nSPS) is 19.7. The highest BCUT2D eigenvalue weighted by molar-refractivity contribution is 5.96. The smallest absolute Gasteiger partial charge is 0.259 e. The first-order chi connectivity index (χ1) is 12.7. The van der Waals surface area contributed by atoms with Gasteiger partial charge in [-0.1, -0.05) is 0 Å². The fourth-order valence-electron chi connectivity index (χ4n) is 3.38. The van der Waals surface area contributed by atoms with Gasteiger partial charge >= 0.3 is 0 Å². The van der Waals surface area contributed by atoms with Crippen LogP contribution in [0.4, 0.5) is 0 Å². The monoisotopic (exact) mass is 356 g/mol. The van der Waals surface area contributed by atoms with Crippen LogP contribution in [0.25, 0.3) is 0 Å². The lowest BCUT2D eigenvalue weighted by Gasteiger charge is -2.24. The van der Waals surface area contributed by atoms with Gasteiger partial charge in [-0.15, -0.1) is 0 Å². The van der Waals surface area contributed by atoms with Gasteiger partial charge in [0.15, 0.2) is 0 Å². The van der Waals surface area contributed by atoms with Crippen molar-refractivity contribution in [2.75, 3.05) is 26.9 Å². The second-order valence-corrected chi connectivity index (χ2v) is 7.13. The van der Waals surface area contributed by atoms with E-state index in [1.54, 1.807) is 18.3 Å². The van der Waals surface area contributed by atoms with E-state index in [9.17, 15) is 4.79 Å². The van der Waals surface area contributed by atoms with Gasteiger partial charge < -0.3 is 18.9 Å². The number of amides is 1. The molecule has 2 aliphatic rings. The molecule has 3 heterocycles. The molecule has 7 heteroatoms. The van der Waals surface area contributed by atoms with Crippen LogP contribution in [-0.2, 0) is 17.8 Å². The number of carbonyl (C=O) groups excluding carboxylic acids is 1. The number of fused-ring (bicyclic) bond motifs is 1. The van der Waals surface area contributed by atoms with Crippen molar-refractivity contribution < 1.29 is 14.3 Å². The number of carbonyl (C=O) groups is 1. The molecular weight excluding hydrogens is 332 g/mol. The molecule has 1 amide bonds. The van der Waals surface area contributed by atoms with Crippen LogP contribution in [0.1, 0.15) is 28.9 Å². The number of rotatable bonds is 6. The summed E-state index contributed by atoms with van der Waals surface area (Å²) in [5.74, 6) is 1.26. The lowest BCUT2D eigenvalue weighted by molar-refractivity contribution is 0.0569. The SMILES string of the molecule is COc1ncccc1C(=O)N1Cc2cncn2C[C@H](COCC2CC2)C1. The minimum Gasteiger partial charge on any atom is -0.480 e. The van der Waals surface area contributed by atoms with Crippen LogP contribution in [0, 0.1) is 11.8 Å². The molecule has 0 radical (unpaired) electrons. The van der Waals surface area contributed by atoms with E-state index in [1.165, 1.54) is 20.0 Å². The molecule has 1 saturated carbocycles. The Morgan fingerprint density at radius 2 is 2.12 bits per heavy atom. The number of methoxy groups -OCH3 is 1. The molecule has 0 N–H and O–H groups in total. The van der Waals surface area contributed by atoms with Crippen molar-refractivity contribution in [3.05, 3.63) is 42.1 Å². The quantitative estimate of drug-likeness (QED) is 0.792. The summed E-state index contributed by atoms with van der Waals surface area (Å²) in [7, 11) is 1.53. The summed E-state index contributed by atoms with van der Waals surface area (Å²) >= 11 is 0. The highest BCUT2D eigenvalue weighted by Gasteiger charge is 2.28. The number of imidazole rings is 1. The summed E-state index contributed by atoms with van der Waals surface area (Å²) < 4.78 is 13.3. The number of pyridine rings is 1. The maximum Gasteiger partial charge on any atom is 0.259 e. The third-order valence-corrected chi connectivity index (χ3v) is 4.97. The first-order valence-corrected chi connectivity index (χ1v) is 9.09. The van der Waals surface area contributed by atoms with Crippen molar-refractivity contribution in [1.29, 1.82) is 0 Å². The molecule has 138 valence electrons. The number of nitrogens with zero attached hydrogens (tertiary/aromatic N) is 4. The summed E-state index contributed by atoms with van der Waals surface area (Å²) in [5.41, 5.74) is 1.52. The Labute approximate surface area is 152 Å². The lowest BCUT2D eigenvalue weighted by Crippen LogP contribution is -2.35. The molecule has 2 aromatic heterocycles. The fraction of sp³-hybridized carbons (Fsp3) is 0.526. The zero-order chi connectivity index (χ0) is 17.9. The first kappa shape index (κ1) is 17.0. The maximum atomic E-state index is 13.1. The van der Waals surface area contributed by atoms with Crippen molar-refractivity contribution in [2.45, 2.75) is 25.9 Å². The molecule has 2 aromatic rings. The summed E-state index contributed by atoms with van der Waals surface area (Å²) in [4.78, 5) is 23.4. The number of aromatic nitrogens is 3. The predicted molar refractivity (Wildman–Crippen MR) is 94.8 cm³/mol. The van der Waals surface area contributed by atoms with Crippen molar-refractivity contribution >= 4 is 5.91 Å². The molecule has 7 nitrogen and oxygen atoms in total. The van der Waals surface area contributed by atoms with E-state index in [4.69, 9.17) is 9.47 Å². The Bertz CT molecular complexity index is 772. The Kier molecular flexibility index (Phi) is 4.88. The van der Waals surface area contributed by atoms with Gasteiger partial charge in [-0.2, -0.15) is 0 Å². The Morgan fingerprint density at radius 3 is 2.92 bits per heavy atom. The second kappa shape index (κ2) is 7.45. The van der Waals surface area contributed by atoms with E-state index >= 15 is 0 Å². The van der Waals surface area contributed by atoms with Crippen LogP contribution in [0.15, 0.2) is 30.9 Å². The zero-order valence-corrected chi connectivity index (χ0v) is 15.0. The molecule has 26 heavy (non-hydrogen) atoms. The number of hydrogen-bond acceptors (Lipinski definition) is 5. The average molecular weight is 356 g/mol. The Hall–Kier alpha value is -2.41. The molecule has 0 spiro atoms. The fourth-order valence-corrected chi connectivity index (χ4v) is 3.38. The lowest BCUT2D eigenvalue weighted by atomic mass is 10.1. The second-order valence-electron chi connectivity index (χ2n) is 7.13. The van der Waals surface area contributed by atoms with E-state index in [0.29, 0.717) is 31.1 Å². The topological polar surface area (TPSA) is 69.5 Å². The minimum absolute atomic E-state index is 0.0724. The molecule has 0 saturated heterocycles. The number of ether oxygens (including phenoxy) is 2. The molecule has 0 unspecified atom stereocenters. The van der Waals surface area contributed by atoms with Crippen molar-refractivity contribution in [1.82, 2.24) is 19.4 Å². The summed E-state index contributed by atoms with van der Waals surface area (Å²) in [6, 6.07) is 3.52. The average Bonchev–Trinajstić information content (AvgIpc) is 3.42. The molecule has 1 aliphatic carbocycles. The first-order valence-electron chi connectivity index (χ1n) is 9.09. The van der Waals surface area contributed by atoms with Crippen LogP contribution in [0.2, 0.25) is 0 Å². The molecule has 1 aliphatic heterocycles. The van der Waals surface area contributed by atoms with Gasteiger partial charge in [0.2, 0.25) is 5.88 Å².